The Morgan fingerprint density at radius 1 is 0.914 bits per heavy atom. The van der Waals surface area contributed by atoms with Crippen LogP contribution < -0.4 is 5.32 Å². The maximum absolute atomic E-state index is 13.2. The van der Waals surface area contributed by atoms with Gasteiger partial charge in [-0.2, -0.15) is 4.99 Å². The van der Waals surface area contributed by atoms with Crippen LogP contribution in [-0.4, -0.2) is 47.0 Å². The van der Waals surface area contributed by atoms with Crippen molar-refractivity contribution in [2.24, 2.45) is 10.9 Å². The van der Waals surface area contributed by atoms with Crippen molar-refractivity contribution in [2.75, 3.05) is 5.32 Å². The lowest BCUT2D eigenvalue weighted by molar-refractivity contribution is -0.157. The molecular formula is C25H35BrN2O7. The van der Waals surface area contributed by atoms with E-state index in [1.807, 2.05) is 0 Å². The van der Waals surface area contributed by atoms with Gasteiger partial charge in [0.05, 0.1) is 11.6 Å². The van der Waals surface area contributed by atoms with Gasteiger partial charge in [-0.15, -0.1) is 0 Å². The van der Waals surface area contributed by atoms with Crippen molar-refractivity contribution in [2.45, 2.75) is 85.5 Å². The lowest BCUT2D eigenvalue weighted by atomic mass is 9.97. The molecule has 0 aliphatic heterocycles. The number of anilines is 1. The number of ether oxygens (including phenoxy) is 3. The first-order valence-electron chi connectivity index (χ1n) is 11.1. The summed E-state index contributed by atoms with van der Waals surface area (Å²) < 4.78 is 16.4. The normalized spacial score (nSPS) is 13.2. The fourth-order valence-electron chi connectivity index (χ4n) is 2.60. The highest BCUT2D eigenvalue weighted by Gasteiger charge is 2.29. The molecule has 10 heteroatoms. The molecule has 0 radical (unpaired) electrons. The second-order valence-corrected chi connectivity index (χ2v) is 11.8. The summed E-state index contributed by atoms with van der Waals surface area (Å²) in [6.07, 6.45) is -0.930. The largest absolute Gasteiger partial charge is 0.459 e. The Hall–Kier alpha value is -2.75. The van der Waals surface area contributed by atoms with E-state index in [-0.39, 0.29) is 17.7 Å². The molecule has 194 valence electrons. The fourth-order valence-corrected chi connectivity index (χ4v) is 2.96. The molecule has 0 heterocycles. The second kappa shape index (κ2) is 11.8. The van der Waals surface area contributed by atoms with E-state index in [0.717, 1.165) is 6.21 Å². The van der Waals surface area contributed by atoms with Crippen molar-refractivity contribution in [3.05, 3.63) is 28.2 Å². The van der Waals surface area contributed by atoms with Gasteiger partial charge in [0.1, 0.15) is 16.8 Å². The Bertz CT molecular complexity index is 983. The van der Waals surface area contributed by atoms with E-state index in [0.29, 0.717) is 4.47 Å². The molecule has 0 aliphatic rings. The van der Waals surface area contributed by atoms with Crippen LogP contribution in [0.1, 0.15) is 79.1 Å². The number of amides is 2. The van der Waals surface area contributed by atoms with Gasteiger partial charge in [0.2, 0.25) is 0 Å². The predicted octanol–water partition coefficient (Wildman–Crippen LogP) is 6.33. The quantitative estimate of drug-likeness (QED) is 0.188. The highest BCUT2D eigenvalue weighted by molar-refractivity contribution is 9.10. The van der Waals surface area contributed by atoms with Gasteiger partial charge in [-0.1, -0.05) is 15.9 Å². The van der Waals surface area contributed by atoms with Crippen molar-refractivity contribution < 1.29 is 33.4 Å². The summed E-state index contributed by atoms with van der Waals surface area (Å²) >= 11 is 3.32. The molecule has 9 nitrogen and oxygen atoms in total. The second-order valence-electron chi connectivity index (χ2n) is 10.8. The van der Waals surface area contributed by atoms with Crippen LogP contribution >= 0.6 is 15.9 Å². The number of rotatable bonds is 6. The van der Waals surface area contributed by atoms with Crippen LogP contribution in [0.3, 0.4) is 0 Å². The topological polar surface area (TPSA) is 120 Å². The number of aliphatic imine (C=N–C) groups is 1. The molecule has 0 spiro atoms. The summed E-state index contributed by atoms with van der Waals surface area (Å²) in [6.45, 7) is 15.3. The van der Waals surface area contributed by atoms with Gasteiger partial charge in [-0.05, 0) is 80.5 Å². The van der Waals surface area contributed by atoms with E-state index < -0.39 is 46.7 Å². The van der Waals surface area contributed by atoms with Crippen molar-refractivity contribution in [3.8, 4) is 0 Å². The van der Waals surface area contributed by atoms with E-state index in [1.165, 1.54) is 6.07 Å². The van der Waals surface area contributed by atoms with E-state index in [4.69, 9.17) is 14.2 Å². The molecule has 0 saturated heterocycles. The van der Waals surface area contributed by atoms with Crippen LogP contribution in [0.5, 0.6) is 0 Å². The smallest absolute Gasteiger partial charge is 0.433 e. The summed E-state index contributed by atoms with van der Waals surface area (Å²) in [7, 11) is 0. The number of halogens is 1. The molecule has 0 aromatic heterocycles. The number of hydrogen-bond acceptors (Lipinski definition) is 7. The Labute approximate surface area is 215 Å². The number of carbonyl (C=O) groups is 4. The molecule has 0 aliphatic carbocycles. The van der Waals surface area contributed by atoms with Crippen LogP contribution in [0.25, 0.3) is 0 Å². The third-order valence-electron chi connectivity index (χ3n) is 3.79. The monoisotopic (exact) mass is 554 g/mol. The van der Waals surface area contributed by atoms with E-state index >= 15 is 0 Å². The van der Waals surface area contributed by atoms with Crippen LogP contribution in [0, 0.1) is 5.92 Å². The molecule has 35 heavy (non-hydrogen) atoms. The highest BCUT2D eigenvalue weighted by Crippen LogP contribution is 2.25. The molecule has 1 atom stereocenters. The number of carbonyl (C=O) groups excluding carboxylic acids is 4. The van der Waals surface area contributed by atoms with E-state index in [9.17, 15) is 19.2 Å². The van der Waals surface area contributed by atoms with Gasteiger partial charge in [0.15, 0.2) is 5.78 Å². The van der Waals surface area contributed by atoms with Gasteiger partial charge in [0, 0.05) is 22.7 Å². The zero-order valence-electron chi connectivity index (χ0n) is 21.8. The predicted molar refractivity (Wildman–Crippen MR) is 137 cm³/mol. The Balaban J connectivity index is 3.21. The maximum Gasteiger partial charge on any atom is 0.433 e. The third-order valence-corrected chi connectivity index (χ3v) is 4.28. The number of ketones is 1. The summed E-state index contributed by atoms with van der Waals surface area (Å²) in [5.74, 6) is -2.36. The first kappa shape index (κ1) is 30.3. The molecule has 1 N–H and O–H groups in total. The summed E-state index contributed by atoms with van der Waals surface area (Å²) in [6, 6.07) is 4.69. The van der Waals surface area contributed by atoms with Crippen molar-refractivity contribution in [1.82, 2.24) is 0 Å². The third kappa shape index (κ3) is 12.5. The lowest BCUT2D eigenvalue weighted by Crippen LogP contribution is -2.31. The van der Waals surface area contributed by atoms with Gasteiger partial charge in [-0.3, -0.25) is 14.9 Å². The molecule has 0 saturated carbocycles. The van der Waals surface area contributed by atoms with Gasteiger partial charge in [-0.25, -0.2) is 9.59 Å². The minimum atomic E-state index is -1.16. The standard InChI is InChI=1S/C25H35BrN2O7/c1-23(2,3)33-20(30)15(14-27-21(31)34-24(4,5)6)12-19(29)17-11-10-16(26)13-18(17)28-22(32)35-25(7,8)9/h10-11,13-15H,12H2,1-9H3,(H,28,32). The summed E-state index contributed by atoms with van der Waals surface area (Å²) in [4.78, 5) is 54.0. The first-order chi connectivity index (χ1) is 15.8. The number of nitrogens with zero attached hydrogens (tertiary/aromatic N) is 1. The average Bonchev–Trinajstić information content (AvgIpc) is 2.60. The van der Waals surface area contributed by atoms with Crippen LogP contribution in [0.2, 0.25) is 0 Å². The van der Waals surface area contributed by atoms with Crippen molar-refractivity contribution in [1.29, 1.82) is 0 Å². The van der Waals surface area contributed by atoms with Crippen LogP contribution in [0.15, 0.2) is 27.7 Å². The van der Waals surface area contributed by atoms with Gasteiger partial charge in [0.25, 0.3) is 0 Å². The van der Waals surface area contributed by atoms with Crippen LogP contribution in [-0.2, 0) is 19.0 Å². The molecule has 0 fully saturated rings. The lowest BCUT2D eigenvalue weighted by Gasteiger charge is -2.23. The Morgan fingerprint density at radius 3 is 1.97 bits per heavy atom. The maximum atomic E-state index is 13.2. The SMILES string of the molecule is CC(C)(C)OC(=O)N=CC(CC(=O)c1ccc(Br)cc1NC(=O)OC(C)(C)C)C(=O)OC(C)(C)C. The average molecular weight is 555 g/mol. The number of hydrogen-bond donors (Lipinski definition) is 1. The molecule has 1 aromatic carbocycles. The summed E-state index contributed by atoms with van der Waals surface area (Å²) in [5, 5.41) is 2.57. The molecule has 0 bridgehead atoms. The highest BCUT2D eigenvalue weighted by atomic mass is 79.9. The molecular weight excluding hydrogens is 520 g/mol. The van der Waals surface area contributed by atoms with Crippen LogP contribution in [0.4, 0.5) is 15.3 Å². The minimum Gasteiger partial charge on any atom is -0.459 e. The first-order valence-corrected chi connectivity index (χ1v) is 11.9. The minimum absolute atomic E-state index is 0.151. The van der Waals surface area contributed by atoms with Gasteiger partial charge < -0.3 is 14.2 Å². The Kier molecular flexibility index (Phi) is 10.2. The molecule has 1 rings (SSSR count). The van der Waals surface area contributed by atoms with Gasteiger partial charge >= 0.3 is 18.2 Å². The Morgan fingerprint density at radius 2 is 1.46 bits per heavy atom. The van der Waals surface area contributed by atoms with Crippen molar-refractivity contribution in [3.63, 3.8) is 0 Å². The number of Topliss-reactive ketones (excluding diaryl/α,β-unsaturated/α-hetero) is 1. The number of esters is 1. The fraction of sp³-hybridized carbons (Fsp3) is 0.560. The molecule has 1 aromatic rings. The molecule has 1 unspecified atom stereocenters. The molecule has 2 amide bonds. The van der Waals surface area contributed by atoms with E-state index in [2.05, 4.69) is 26.2 Å². The number of benzene rings is 1. The zero-order chi connectivity index (χ0) is 27.2. The number of nitrogens with one attached hydrogen (secondary N) is 1. The van der Waals surface area contributed by atoms with Crippen molar-refractivity contribution >= 4 is 51.8 Å². The zero-order valence-corrected chi connectivity index (χ0v) is 23.4. The summed E-state index contributed by atoms with van der Waals surface area (Å²) in [5.41, 5.74) is -1.98. The van der Waals surface area contributed by atoms with E-state index in [1.54, 1.807) is 74.4 Å².